The summed E-state index contributed by atoms with van der Waals surface area (Å²) >= 11 is 0. The van der Waals surface area contributed by atoms with Gasteiger partial charge in [-0.2, -0.15) is 0 Å². The lowest BCUT2D eigenvalue weighted by Gasteiger charge is -2.36. The second-order valence-corrected chi connectivity index (χ2v) is 6.55. The van der Waals surface area contributed by atoms with Crippen LogP contribution in [-0.4, -0.2) is 23.9 Å². The zero-order valence-electron chi connectivity index (χ0n) is 13.7. The summed E-state index contributed by atoms with van der Waals surface area (Å²) in [5.41, 5.74) is 2.37. The first-order valence-electron chi connectivity index (χ1n) is 8.05. The van der Waals surface area contributed by atoms with E-state index in [4.69, 9.17) is 0 Å². The summed E-state index contributed by atoms with van der Waals surface area (Å²) in [7, 11) is 1.85. The van der Waals surface area contributed by atoms with Crippen molar-refractivity contribution in [3.63, 3.8) is 0 Å². The lowest BCUT2D eigenvalue weighted by atomic mass is 9.78. The molecule has 1 aliphatic rings. The van der Waals surface area contributed by atoms with Crippen molar-refractivity contribution in [1.29, 1.82) is 0 Å². The molecule has 1 saturated carbocycles. The molecule has 0 radical (unpaired) electrons. The van der Waals surface area contributed by atoms with E-state index < -0.39 is 0 Å². The molecule has 1 aromatic rings. The first-order chi connectivity index (χ1) is 9.99. The minimum absolute atomic E-state index is 0.101. The Hall–Kier alpha value is -1.51. The maximum atomic E-state index is 11.4. The Labute approximate surface area is 128 Å². The summed E-state index contributed by atoms with van der Waals surface area (Å²) in [5.74, 6) is 1.57. The molecule has 1 N–H and O–H groups in total. The summed E-state index contributed by atoms with van der Waals surface area (Å²) in [6.45, 7) is 6.98. The molecule has 0 bridgehead atoms. The second kappa shape index (κ2) is 6.97. The number of nitrogens with one attached hydrogen (secondary N) is 1. The van der Waals surface area contributed by atoms with Crippen molar-refractivity contribution in [2.75, 3.05) is 12.4 Å². The number of nitrogens with zero attached hydrogens (tertiary/aromatic N) is 1. The fourth-order valence-electron chi connectivity index (χ4n) is 3.15. The SMILES string of the molecule is CC(=O)N(C)Cc1ccccc1NC1CCCC(C)C1C. The van der Waals surface area contributed by atoms with Gasteiger partial charge in [-0.1, -0.05) is 44.9 Å². The molecule has 0 aliphatic heterocycles. The van der Waals surface area contributed by atoms with Crippen molar-refractivity contribution in [3.05, 3.63) is 29.8 Å². The first kappa shape index (κ1) is 15.9. The maximum absolute atomic E-state index is 11.4. The number of carbonyl (C=O) groups excluding carboxylic acids is 1. The number of anilines is 1. The van der Waals surface area contributed by atoms with Gasteiger partial charge in [0.2, 0.25) is 5.91 Å². The van der Waals surface area contributed by atoms with Crippen LogP contribution in [0.3, 0.4) is 0 Å². The Balaban J connectivity index is 2.11. The van der Waals surface area contributed by atoms with Gasteiger partial charge in [-0.05, 0) is 29.9 Å². The number of para-hydroxylation sites is 1. The van der Waals surface area contributed by atoms with Crippen molar-refractivity contribution in [3.8, 4) is 0 Å². The van der Waals surface area contributed by atoms with Gasteiger partial charge in [0.1, 0.15) is 0 Å². The van der Waals surface area contributed by atoms with Crippen molar-refractivity contribution in [2.45, 2.75) is 52.6 Å². The third-order valence-corrected chi connectivity index (χ3v) is 5.01. The molecule has 0 spiro atoms. The molecule has 3 heteroatoms. The molecule has 0 aromatic heterocycles. The second-order valence-electron chi connectivity index (χ2n) is 6.55. The molecule has 0 heterocycles. The monoisotopic (exact) mass is 288 g/mol. The van der Waals surface area contributed by atoms with Gasteiger partial charge in [0.05, 0.1) is 0 Å². The van der Waals surface area contributed by atoms with Crippen LogP contribution in [0.1, 0.15) is 45.6 Å². The molecule has 3 atom stereocenters. The molecule has 3 nitrogen and oxygen atoms in total. The number of amides is 1. The third kappa shape index (κ3) is 3.99. The number of carbonyl (C=O) groups is 1. The van der Waals surface area contributed by atoms with Crippen LogP contribution in [0.25, 0.3) is 0 Å². The van der Waals surface area contributed by atoms with E-state index in [1.165, 1.54) is 30.5 Å². The molecule has 1 amide bonds. The van der Waals surface area contributed by atoms with E-state index in [0.717, 1.165) is 5.92 Å². The Morgan fingerprint density at radius 2 is 2.00 bits per heavy atom. The van der Waals surface area contributed by atoms with E-state index in [1.807, 2.05) is 13.1 Å². The molecule has 0 saturated heterocycles. The van der Waals surface area contributed by atoms with E-state index in [9.17, 15) is 4.79 Å². The normalized spacial score (nSPS) is 25.4. The molecule has 1 fully saturated rings. The van der Waals surface area contributed by atoms with Gasteiger partial charge >= 0.3 is 0 Å². The quantitative estimate of drug-likeness (QED) is 0.911. The first-order valence-corrected chi connectivity index (χ1v) is 8.05. The summed E-state index contributed by atoms with van der Waals surface area (Å²) in [4.78, 5) is 13.2. The predicted octanol–water partition coefficient (Wildman–Crippen LogP) is 3.90. The molecular weight excluding hydrogens is 260 g/mol. The third-order valence-electron chi connectivity index (χ3n) is 5.01. The maximum Gasteiger partial charge on any atom is 0.219 e. The van der Waals surface area contributed by atoms with Gasteiger partial charge < -0.3 is 10.2 Å². The van der Waals surface area contributed by atoms with E-state index in [0.29, 0.717) is 18.5 Å². The average molecular weight is 288 g/mol. The molecule has 1 aliphatic carbocycles. The number of benzene rings is 1. The standard InChI is InChI=1S/C18H28N2O/c1-13-8-7-11-17(14(13)2)19-18-10-6-5-9-16(18)12-20(4)15(3)21/h5-6,9-10,13-14,17,19H,7-8,11-12H2,1-4H3. The number of rotatable bonds is 4. The largest absolute Gasteiger partial charge is 0.382 e. The van der Waals surface area contributed by atoms with Crippen molar-refractivity contribution in [2.24, 2.45) is 11.8 Å². The van der Waals surface area contributed by atoms with Gasteiger partial charge in [0.15, 0.2) is 0 Å². The zero-order chi connectivity index (χ0) is 15.4. The van der Waals surface area contributed by atoms with Crippen LogP contribution in [0.2, 0.25) is 0 Å². The highest BCUT2D eigenvalue weighted by Gasteiger charge is 2.27. The van der Waals surface area contributed by atoms with Crippen LogP contribution in [0.5, 0.6) is 0 Å². The van der Waals surface area contributed by atoms with Crippen LogP contribution in [0.15, 0.2) is 24.3 Å². The van der Waals surface area contributed by atoms with Crippen LogP contribution in [-0.2, 0) is 11.3 Å². The Morgan fingerprint density at radius 1 is 1.29 bits per heavy atom. The van der Waals surface area contributed by atoms with Crippen molar-refractivity contribution in [1.82, 2.24) is 4.90 Å². The Morgan fingerprint density at radius 3 is 2.71 bits per heavy atom. The highest BCUT2D eigenvalue weighted by atomic mass is 16.2. The molecule has 1 aromatic carbocycles. The molecular formula is C18H28N2O. The fourth-order valence-corrected chi connectivity index (χ4v) is 3.15. The Bertz CT molecular complexity index is 486. The summed E-state index contributed by atoms with van der Waals surface area (Å²) in [5, 5.41) is 3.74. The summed E-state index contributed by atoms with van der Waals surface area (Å²) < 4.78 is 0. The van der Waals surface area contributed by atoms with Gasteiger partial charge in [-0.25, -0.2) is 0 Å². The van der Waals surface area contributed by atoms with Gasteiger partial charge in [-0.3, -0.25) is 4.79 Å². The number of hydrogen-bond acceptors (Lipinski definition) is 2. The van der Waals surface area contributed by atoms with Gasteiger partial charge in [0.25, 0.3) is 0 Å². The zero-order valence-corrected chi connectivity index (χ0v) is 13.7. The van der Waals surface area contributed by atoms with Crippen molar-refractivity contribution < 1.29 is 4.79 Å². The summed E-state index contributed by atoms with van der Waals surface area (Å²) in [6.07, 6.45) is 3.88. The fraction of sp³-hybridized carbons (Fsp3) is 0.611. The molecule has 3 unspecified atom stereocenters. The lowest BCUT2D eigenvalue weighted by molar-refractivity contribution is -0.128. The van der Waals surface area contributed by atoms with E-state index in [1.54, 1.807) is 11.8 Å². The summed E-state index contributed by atoms with van der Waals surface area (Å²) in [6, 6.07) is 8.89. The molecule has 21 heavy (non-hydrogen) atoms. The lowest BCUT2D eigenvalue weighted by Crippen LogP contribution is -2.35. The highest BCUT2D eigenvalue weighted by molar-refractivity contribution is 5.73. The smallest absolute Gasteiger partial charge is 0.219 e. The van der Waals surface area contributed by atoms with Crippen LogP contribution < -0.4 is 5.32 Å². The topological polar surface area (TPSA) is 32.3 Å². The highest BCUT2D eigenvalue weighted by Crippen LogP contribution is 2.32. The minimum Gasteiger partial charge on any atom is -0.382 e. The van der Waals surface area contributed by atoms with Gasteiger partial charge in [-0.15, -0.1) is 0 Å². The molecule has 2 rings (SSSR count). The Kier molecular flexibility index (Phi) is 5.27. The van der Waals surface area contributed by atoms with Crippen LogP contribution in [0, 0.1) is 11.8 Å². The van der Waals surface area contributed by atoms with Crippen LogP contribution >= 0.6 is 0 Å². The van der Waals surface area contributed by atoms with Crippen LogP contribution in [0.4, 0.5) is 5.69 Å². The van der Waals surface area contributed by atoms with E-state index >= 15 is 0 Å². The molecule has 116 valence electrons. The van der Waals surface area contributed by atoms with Crippen molar-refractivity contribution >= 4 is 11.6 Å². The number of hydrogen-bond donors (Lipinski definition) is 1. The minimum atomic E-state index is 0.101. The average Bonchev–Trinajstić information content (AvgIpc) is 2.45. The van der Waals surface area contributed by atoms with Gasteiger partial charge in [0, 0.05) is 32.2 Å². The predicted molar refractivity (Wildman–Crippen MR) is 88.2 cm³/mol. The van der Waals surface area contributed by atoms with E-state index in [-0.39, 0.29) is 5.91 Å². The van der Waals surface area contributed by atoms with E-state index in [2.05, 4.69) is 37.4 Å².